The zero-order chi connectivity index (χ0) is 10.5. The van der Waals surface area contributed by atoms with Crippen molar-refractivity contribution >= 4 is 5.84 Å². The summed E-state index contributed by atoms with van der Waals surface area (Å²) < 4.78 is 0. The second-order valence-electron chi connectivity index (χ2n) is 3.89. The van der Waals surface area contributed by atoms with Gasteiger partial charge in [0.15, 0.2) is 0 Å². The molecule has 0 fully saturated rings. The van der Waals surface area contributed by atoms with Gasteiger partial charge >= 0.3 is 0 Å². The van der Waals surface area contributed by atoms with Crippen LogP contribution in [-0.4, -0.2) is 46.8 Å². The third-order valence-corrected chi connectivity index (χ3v) is 1.53. The highest BCUT2D eigenvalue weighted by molar-refractivity contribution is 5.79. The van der Waals surface area contributed by atoms with Crippen molar-refractivity contribution in [3.63, 3.8) is 0 Å². The monoisotopic (exact) mass is 189 g/mol. The van der Waals surface area contributed by atoms with Crippen LogP contribution in [0.15, 0.2) is 5.16 Å². The normalized spacial score (nSPS) is 13.8. The molecule has 5 heteroatoms. The molecule has 0 aromatic rings. The van der Waals surface area contributed by atoms with Gasteiger partial charge in [-0.25, -0.2) is 0 Å². The number of aliphatic hydroxyl groups is 1. The number of oxime groups is 1. The highest BCUT2D eigenvalue weighted by Crippen LogP contribution is 2.03. The van der Waals surface area contributed by atoms with E-state index < -0.39 is 5.60 Å². The summed E-state index contributed by atoms with van der Waals surface area (Å²) in [5.41, 5.74) is 4.59. The zero-order valence-electron chi connectivity index (χ0n) is 8.49. The molecule has 13 heavy (non-hydrogen) atoms. The van der Waals surface area contributed by atoms with Crippen molar-refractivity contribution in [2.24, 2.45) is 10.9 Å². The molecule has 0 amide bonds. The SMILES string of the molecule is CN(CCC(N)=NO)CC(C)(C)O. The summed E-state index contributed by atoms with van der Waals surface area (Å²) in [5.74, 6) is 0.211. The van der Waals surface area contributed by atoms with Crippen LogP contribution in [0.2, 0.25) is 0 Å². The molecule has 0 unspecified atom stereocenters. The number of rotatable bonds is 5. The number of hydrogen-bond donors (Lipinski definition) is 3. The second kappa shape index (κ2) is 5.04. The summed E-state index contributed by atoms with van der Waals surface area (Å²) in [4.78, 5) is 1.93. The number of nitrogens with two attached hydrogens (primary N) is 1. The Morgan fingerprint density at radius 3 is 2.46 bits per heavy atom. The Labute approximate surface area is 78.8 Å². The molecule has 0 atom stereocenters. The van der Waals surface area contributed by atoms with Crippen LogP contribution in [0.3, 0.4) is 0 Å². The van der Waals surface area contributed by atoms with Gasteiger partial charge in [-0.1, -0.05) is 5.16 Å². The van der Waals surface area contributed by atoms with Crippen molar-refractivity contribution in [3.8, 4) is 0 Å². The highest BCUT2D eigenvalue weighted by Gasteiger charge is 2.15. The van der Waals surface area contributed by atoms with Crippen LogP contribution < -0.4 is 5.73 Å². The molecule has 78 valence electrons. The fourth-order valence-corrected chi connectivity index (χ4v) is 1.10. The Hall–Kier alpha value is -0.810. The number of likely N-dealkylation sites (N-methyl/N-ethyl adjacent to an activating group) is 1. The Balaban J connectivity index is 3.70. The average Bonchev–Trinajstić information content (AvgIpc) is 1.97. The third-order valence-electron chi connectivity index (χ3n) is 1.53. The van der Waals surface area contributed by atoms with Crippen LogP contribution >= 0.6 is 0 Å². The van der Waals surface area contributed by atoms with Crippen molar-refractivity contribution in [1.29, 1.82) is 0 Å². The third kappa shape index (κ3) is 7.55. The quantitative estimate of drug-likeness (QED) is 0.243. The van der Waals surface area contributed by atoms with Crippen LogP contribution in [0.25, 0.3) is 0 Å². The van der Waals surface area contributed by atoms with E-state index in [1.165, 1.54) is 0 Å². The predicted molar refractivity (Wildman–Crippen MR) is 51.8 cm³/mol. The van der Waals surface area contributed by atoms with Gasteiger partial charge in [0, 0.05) is 19.5 Å². The Morgan fingerprint density at radius 2 is 2.08 bits per heavy atom. The molecular formula is C8H19N3O2. The molecule has 0 radical (unpaired) electrons. The van der Waals surface area contributed by atoms with Crippen molar-refractivity contribution in [2.45, 2.75) is 25.9 Å². The lowest BCUT2D eigenvalue weighted by Gasteiger charge is -2.25. The Kier molecular flexibility index (Phi) is 4.72. The molecule has 0 aromatic carbocycles. The molecule has 0 aliphatic heterocycles. The molecule has 0 aliphatic rings. The summed E-state index contributed by atoms with van der Waals surface area (Å²) in [5, 5.41) is 20.6. The first-order valence-electron chi connectivity index (χ1n) is 4.22. The number of hydrogen-bond acceptors (Lipinski definition) is 4. The maximum absolute atomic E-state index is 9.46. The minimum atomic E-state index is -0.708. The van der Waals surface area contributed by atoms with E-state index in [4.69, 9.17) is 10.9 Å². The number of nitrogens with zero attached hydrogens (tertiary/aromatic N) is 2. The lowest BCUT2D eigenvalue weighted by molar-refractivity contribution is 0.0454. The topological polar surface area (TPSA) is 82.1 Å². The van der Waals surface area contributed by atoms with Crippen molar-refractivity contribution in [1.82, 2.24) is 4.90 Å². The molecule has 4 N–H and O–H groups in total. The largest absolute Gasteiger partial charge is 0.409 e. The standard InChI is InChI=1S/C8H19N3O2/c1-8(2,12)6-11(3)5-4-7(9)10-13/h12-13H,4-6H2,1-3H3,(H2,9,10). The van der Waals surface area contributed by atoms with Crippen molar-refractivity contribution < 1.29 is 10.3 Å². The summed E-state index contributed by atoms with van der Waals surface area (Å²) in [7, 11) is 1.88. The van der Waals surface area contributed by atoms with Gasteiger partial charge in [0.1, 0.15) is 5.84 Å². The van der Waals surface area contributed by atoms with E-state index in [0.29, 0.717) is 19.5 Å². The summed E-state index contributed by atoms with van der Waals surface area (Å²) >= 11 is 0. The van der Waals surface area contributed by atoms with Gasteiger partial charge in [0.25, 0.3) is 0 Å². The summed E-state index contributed by atoms with van der Waals surface area (Å²) in [6.45, 7) is 4.71. The van der Waals surface area contributed by atoms with Crippen LogP contribution in [0.1, 0.15) is 20.3 Å². The minimum absolute atomic E-state index is 0.211. The zero-order valence-corrected chi connectivity index (χ0v) is 8.49. The van der Waals surface area contributed by atoms with Crippen LogP contribution in [0.4, 0.5) is 0 Å². The lowest BCUT2D eigenvalue weighted by atomic mass is 10.1. The molecule has 0 saturated carbocycles. The van der Waals surface area contributed by atoms with Gasteiger partial charge in [0.05, 0.1) is 5.60 Å². The first-order chi connectivity index (χ1) is 5.85. The van der Waals surface area contributed by atoms with E-state index in [0.717, 1.165) is 0 Å². The first-order valence-corrected chi connectivity index (χ1v) is 4.22. The van der Waals surface area contributed by atoms with E-state index in [2.05, 4.69) is 5.16 Å². The van der Waals surface area contributed by atoms with Gasteiger partial charge < -0.3 is 20.9 Å². The van der Waals surface area contributed by atoms with Gasteiger partial charge in [-0.2, -0.15) is 0 Å². The second-order valence-corrected chi connectivity index (χ2v) is 3.89. The smallest absolute Gasteiger partial charge is 0.140 e. The van der Waals surface area contributed by atoms with E-state index >= 15 is 0 Å². The van der Waals surface area contributed by atoms with E-state index in [-0.39, 0.29) is 5.84 Å². The lowest BCUT2D eigenvalue weighted by Crippen LogP contribution is -2.37. The molecule has 0 aromatic heterocycles. The molecule has 0 aliphatic carbocycles. The van der Waals surface area contributed by atoms with Gasteiger partial charge in [-0.3, -0.25) is 0 Å². The highest BCUT2D eigenvalue weighted by atomic mass is 16.4. The molecule has 5 nitrogen and oxygen atoms in total. The number of amidine groups is 1. The van der Waals surface area contributed by atoms with Crippen molar-refractivity contribution in [2.75, 3.05) is 20.1 Å². The molecule has 0 saturated heterocycles. The fraction of sp³-hybridized carbons (Fsp3) is 0.875. The van der Waals surface area contributed by atoms with E-state index in [1.807, 2.05) is 11.9 Å². The maximum atomic E-state index is 9.46. The van der Waals surface area contributed by atoms with Crippen molar-refractivity contribution in [3.05, 3.63) is 0 Å². The molecular weight excluding hydrogens is 170 g/mol. The molecule has 0 bridgehead atoms. The first kappa shape index (κ1) is 12.2. The average molecular weight is 189 g/mol. The molecule has 0 spiro atoms. The van der Waals surface area contributed by atoms with E-state index in [1.54, 1.807) is 13.8 Å². The summed E-state index contributed by atoms with van der Waals surface area (Å²) in [6, 6.07) is 0. The van der Waals surface area contributed by atoms with Crippen LogP contribution in [0, 0.1) is 0 Å². The van der Waals surface area contributed by atoms with Gasteiger partial charge in [-0.15, -0.1) is 0 Å². The summed E-state index contributed by atoms with van der Waals surface area (Å²) in [6.07, 6.45) is 0.503. The molecule has 0 rings (SSSR count). The fourth-order valence-electron chi connectivity index (χ4n) is 1.10. The van der Waals surface area contributed by atoms with E-state index in [9.17, 15) is 5.11 Å². The Bertz CT molecular complexity index is 175. The van der Waals surface area contributed by atoms with Crippen LogP contribution in [0.5, 0.6) is 0 Å². The minimum Gasteiger partial charge on any atom is -0.409 e. The predicted octanol–water partition coefficient (Wildman–Crippen LogP) is -0.174. The van der Waals surface area contributed by atoms with Crippen LogP contribution in [-0.2, 0) is 0 Å². The van der Waals surface area contributed by atoms with Gasteiger partial charge in [-0.05, 0) is 20.9 Å². The molecule has 0 heterocycles. The maximum Gasteiger partial charge on any atom is 0.140 e. The van der Waals surface area contributed by atoms with Gasteiger partial charge in [0.2, 0.25) is 0 Å². The Morgan fingerprint density at radius 1 is 1.54 bits per heavy atom.